The van der Waals surface area contributed by atoms with E-state index in [9.17, 15) is 15.0 Å². The summed E-state index contributed by atoms with van der Waals surface area (Å²) in [4.78, 5) is 21.1. The number of carbonyl (C=O) groups excluding carboxylic acids is 1. The molecule has 0 spiro atoms. The Hall–Kier alpha value is -2.35. The molecule has 0 radical (unpaired) electrons. The van der Waals surface area contributed by atoms with E-state index in [1.54, 1.807) is 18.5 Å². The van der Waals surface area contributed by atoms with Gasteiger partial charge in [0.2, 0.25) is 0 Å². The van der Waals surface area contributed by atoms with E-state index in [0.29, 0.717) is 11.4 Å². The number of nitrogens with one attached hydrogen (secondary N) is 1. The molecule has 1 fully saturated rings. The van der Waals surface area contributed by atoms with Crippen molar-refractivity contribution in [2.45, 2.75) is 30.6 Å². The van der Waals surface area contributed by atoms with Crippen molar-refractivity contribution in [1.29, 1.82) is 0 Å². The molecule has 1 saturated carbocycles. The van der Waals surface area contributed by atoms with Gasteiger partial charge in [0.25, 0.3) is 5.91 Å². The number of aromatic nitrogens is 2. The van der Waals surface area contributed by atoms with Crippen LogP contribution in [0.15, 0.2) is 48.8 Å². The van der Waals surface area contributed by atoms with Crippen molar-refractivity contribution in [2.75, 3.05) is 0 Å². The third kappa shape index (κ3) is 3.02. The number of benzene rings is 1. The molecule has 3 aromatic rings. The van der Waals surface area contributed by atoms with Crippen molar-refractivity contribution < 1.29 is 15.0 Å². The second-order valence-electron chi connectivity index (χ2n) is 6.17. The molecular weight excluding hydrogens is 338 g/mol. The lowest BCUT2D eigenvalue weighted by Crippen LogP contribution is -2.45. The number of hydrogen-bond donors (Lipinski definition) is 3. The Bertz CT molecular complexity index is 866. The molecule has 0 aliphatic heterocycles. The van der Waals surface area contributed by atoms with Crippen LogP contribution in [0.5, 0.6) is 0 Å². The number of aliphatic hydroxyl groups excluding tert-OH is 2. The van der Waals surface area contributed by atoms with Gasteiger partial charge in [-0.1, -0.05) is 18.2 Å². The van der Waals surface area contributed by atoms with Crippen LogP contribution in [0.1, 0.15) is 27.7 Å². The van der Waals surface area contributed by atoms with Crippen LogP contribution in [0.2, 0.25) is 0 Å². The normalized spacial score (nSPS) is 26.0. The maximum atomic E-state index is 12.6. The molecule has 25 heavy (non-hydrogen) atoms. The van der Waals surface area contributed by atoms with Crippen molar-refractivity contribution >= 4 is 27.5 Å². The molecule has 3 N–H and O–H groups in total. The van der Waals surface area contributed by atoms with Crippen molar-refractivity contribution in [2.24, 2.45) is 0 Å². The summed E-state index contributed by atoms with van der Waals surface area (Å²) in [5.41, 5.74) is 1.65. The number of thiazole rings is 1. The Kier molecular flexibility index (Phi) is 4.20. The predicted octanol–water partition coefficient (Wildman–Crippen LogP) is 1.70. The molecule has 4 atom stereocenters. The van der Waals surface area contributed by atoms with Gasteiger partial charge >= 0.3 is 0 Å². The molecular formula is C18H17N3O3S. The molecule has 128 valence electrons. The third-order valence-corrected chi connectivity index (χ3v) is 5.62. The molecule has 2 aromatic heterocycles. The van der Waals surface area contributed by atoms with Gasteiger partial charge in [-0.25, -0.2) is 4.98 Å². The number of amides is 1. The number of fused-ring (bicyclic) bond motifs is 1. The summed E-state index contributed by atoms with van der Waals surface area (Å²) < 4.78 is 0.934. The average molecular weight is 355 g/mol. The summed E-state index contributed by atoms with van der Waals surface area (Å²) in [7, 11) is 0. The lowest BCUT2D eigenvalue weighted by Gasteiger charge is -2.23. The van der Waals surface area contributed by atoms with Gasteiger partial charge in [-0.2, -0.15) is 0 Å². The second kappa shape index (κ2) is 6.51. The smallest absolute Gasteiger partial charge is 0.280 e. The van der Waals surface area contributed by atoms with Crippen LogP contribution in [-0.4, -0.2) is 44.3 Å². The van der Waals surface area contributed by atoms with Crippen LogP contribution in [0.25, 0.3) is 10.2 Å². The minimum Gasteiger partial charge on any atom is -0.390 e. The minimum absolute atomic E-state index is 0.197. The quantitative estimate of drug-likeness (QED) is 0.665. The largest absolute Gasteiger partial charge is 0.390 e. The zero-order valence-corrected chi connectivity index (χ0v) is 14.1. The lowest BCUT2D eigenvalue weighted by atomic mass is 9.95. The fourth-order valence-corrected chi connectivity index (χ4v) is 4.20. The molecule has 4 rings (SSSR count). The highest BCUT2D eigenvalue weighted by Crippen LogP contribution is 2.35. The molecule has 0 saturated heterocycles. The maximum Gasteiger partial charge on any atom is 0.280 e. The first-order valence-electron chi connectivity index (χ1n) is 8.06. The number of pyridine rings is 1. The fourth-order valence-electron chi connectivity index (χ4n) is 3.33. The summed E-state index contributed by atoms with van der Waals surface area (Å²) in [6.07, 6.45) is 1.83. The summed E-state index contributed by atoms with van der Waals surface area (Å²) >= 11 is 1.31. The number of nitrogens with zero attached hydrogens (tertiary/aromatic N) is 2. The molecule has 7 heteroatoms. The number of hydrogen-bond acceptors (Lipinski definition) is 6. The van der Waals surface area contributed by atoms with E-state index in [1.165, 1.54) is 11.3 Å². The van der Waals surface area contributed by atoms with Crippen LogP contribution >= 0.6 is 11.3 Å². The Labute approximate surface area is 148 Å². The van der Waals surface area contributed by atoms with E-state index >= 15 is 0 Å². The van der Waals surface area contributed by atoms with Crippen molar-refractivity contribution in [1.82, 2.24) is 15.3 Å². The number of para-hydroxylation sites is 1. The van der Waals surface area contributed by atoms with Crippen LogP contribution in [-0.2, 0) is 0 Å². The first kappa shape index (κ1) is 16.1. The Balaban J connectivity index is 1.59. The topological polar surface area (TPSA) is 95.3 Å². The summed E-state index contributed by atoms with van der Waals surface area (Å²) in [6.45, 7) is 0. The molecule has 0 bridgehead atoms. The van der Waals surface area contributed by atoms with Crippen molar-refractivity contribution in [3.05, 3.63) is 59.4 Å². The Morgan fingerprint density at radius 2 is 2.04 bits per heavy atom. The van der Waals surface area contributed by atoms with Crippen LogP contribution in [0.4, 0.5) is 0 Å². The molecule has 2 heterocycles. The van der Waals surface area contributed by atoms with Crippen molar-refractivity contribution in [3.8, 4) is 0 Å². The number of rotatable bonds is 3. The predicted molar refractivity (Wildman–Crippen MR) is 94.5 cm³/mol. The van der Waals surface area contributed by atoms with Crippen LogP contribution in [0, 0.1) is 0 Å². The van der Waals surface area contributed by atoms with E-state index in [4.69, 9.17) is 0 Å². The van der Waals surface area contributed by atoms with Crippen LogP contribution < -0.4 is 5.32 Å². The molecule has 1 aliphatic rings. The van der Waals surface area contributed by atoms with Gasteiger partial charge in [0.15, 0.2) is 5.01 Å². The second-order valence-corrected chi connectivity index (χ2v) is 7.20. The minimum atomic E-state index is -1.02. The van der Waals surface area contributed by atoms with E-state index in [2.05, 4.69) is 15.3 Å². The lowest BCUT2D eigenvalue weighted by molar-refractivity contribution is 0.0294. The van der Waals surface area contributed by atoms with Gasteiger partial charge in [0.1, 0.15) is 6.10 Å². The van der Waals surface area contributed by atoms with Gasteiger partial charge < -0.3 is 15.5 Å². The molecule has 1 aliphatic carbocycles. The van der Waals surface area contributed by atoms with E-state index in [-0.39, 0.29) is 11.8 Å². The summed E-state index contributed by atoms with van der Waals surface area (Å²) in [5.74, 6) is -0.537. The SMILES string of the molecule is O=C(N[C@H]1[C@H](O)[C@H](O)C[C@@H]1c1cccnc1)c1nc2ccccc2s1. The first-order valence-corrected chi connectivity index (χ1v) is 8.87. The van der Waals surface area contributed by atoms with E-state index in [1.807, 2.05) is 30.3 Å². The van der Waals surface area contributed by atoms with Gasteiger partial charge in [-0.15, -0.1) is 11.3 Å². The maximum absolute atomic E-state index is 12.6. The van der Waals surface area contributed by atoms with E-state index < -0.39 is 18.2 Å². The highest BCUT2D eigenvalue weighted by atomic mass is 32.1. The van der Waals surface area contributed by atoms with Crippen molar-refractivity contribution in [3.63, 3.8) is 0 Å². The van der Waals surface area contributed by atoms with Gasteiger partial charge in [0, 0.05) is 18.3 Å². The molecule has 1 aromatic carbocycles. The Morgan fingerprint density at radius 3 is 2.80 bits per heavy atom. The van der Waals surface area contributed by atoms with Gasteiger partial charge in [-0.3, -0.25) is 9.78 Å². The number of aliphatic hydroxyl groups is 2. The zero-order chi connectivity index (χ0) is 17.4. The van der Waals surface area contributed by atoms with Gasteiger partial charge in [0.05, 0.1) is 22.4 Å². The zero-order valence-electron chi connectivity index (χ0n) is 13.2. The Morgan fingerprint density at radius 1 is 1.20 bits per heavy atom. The molecule has 6 nitrogen and oxygen atoms in total. The first-order chi connectivity index (χ1) is 12.1. The summed E-state index contributed by atoms with van der Waals surface area (Å²) in [5, 5.41) is 23.6. The average Bonchev–Trinajstić information content (AvgIpc) is 3.19. The fraction of sp³-hybridized carbons (Fsp3) is 0.278. The third-order valence-electron chi connectivity index (χ3n) is 4.59. The van der Waals surface area contributed by atoms with Gasteiger partial charge in [-0.05, 0) is 30.2 Å². The monoisotopic (exact) mass is 355 g/mol. The summed E-state index contributed by atoms with van der Waals surface area (Å²) in [6, 6.07) is 10.7. The van der Waals surface area contributed by atoms with Crippen LogP contribution in [0.3, 0.4) is 0 Å². The highest BCUT2D eigenvalue weighted by Gasteiger charge is 2.43. The molecule has 0 unspecified atom stereocenters. The molecule has 1 amide bonds. The van der Waals surface area contributed by atoms with E-state index in [0.717, 1.165) is 15.8 Å². The standard InChI is InChI=1S/C18H17N3O3S/c22-13-8-11(10-4-3-7-19-9-10)15(16(13)23)21-17(24)18-20-12-5-1-2-6-14(12)25-18/h1-7,9,11,13,15-16,22-23H,8H2,(H,21,24)/t11-,13-,15-,16-/m1/s1. The number of carbonyl (C=O) groups is 1. The highest BCUT2D eigenvalue weighted by molar-refractivity contribution is 7.20.